The lowest BCUT2D eigenvalue weighted by Gasteiger charge is -2.23. The molecule has 1 aliphatic rings. The lowest BCUT2D eigenvalue weighted by molar-refractivity contribution is 0.167. The first-order valence-electron chi connectivity index (χ1n) is 9.54. The van der Waals surface area contributed by atoms with Crippen LogP contribution in [0.2, 0.25) is 0 Å². The van der Waals surface area contributed by atoms with Gasteiger partial charge in [-0.25, -0.2) is 13.2 Å². The summed E-state index contributed by atoms with van der Waals surface area (Å²) in [6.07, 6.45) is 4.02. The summed E-state index contributed by atoms with van der Waals surface area (Å²) in [6, 6.07) is 5.16. The van der Waals surface area contributed by atoms with Gasteiger partial charge in [-0.2, -0.15) is 0 Å². The molecule has 3 aromatic rings. The highest BCUT2D eigenvalue weighted by Gasteiger charge is 2.29. The molecular weight excluding hydrogens is 418 g/mol. The van der Waals surface area contributed by atoms with Crippen LogP contribution in [0.4, 0.5) is 10.5 Å². The van der Waals surface area contributed by atoms with E-state index in [9.17, 15) is 18.0 Å². The van der Waals surface area contributed by atoms with Crippen molar-refractivity contribution in [1.82, 2.24) is 9.55 Å². The van der Waals surface area contributed by atoms with E-state index in [1.807, 2.05) is 0 Å². The van der Waals surface area contributed by atoms with Crippen LogP contribution >= 0.6 is 0 Å². The van der Waals surface area contributed by atoms with Crippen molar-refractivity contribution >= 4 is 32.5 Å². The summed E-state index contributed by atoms with van der Waals surface area (Å²) in [5.74, 6) is 5.25. The molecule has 9 heteroatoms. The fourth-order valence-corrected chi connectivity index (χ4v) is 4.64. The van der Waals surface area contributed by atoms with Gasteiger partial charge in [-0.1, -0.05) is 12.0 Å². The molecule has 1 aromatic carbocycles. The number of aromatic nitrogens is 2. The van der Waals surface area contributed by atoms with Gasteiger partial charge in [0.15, 0.2) is 16.4 Å². The third-order valence-corrected chi connectivity index (χ3v) is 6.01. The molecule has 0 saturated carbocycles. The molecule has 0 radical (unpaired) electrons. The minimum Gasteiger partial charge on any atom is -0.436 e. The minimum atomic E-state index is -3.26. The van der Waals surface area contributed by atoms with Gasteiger partial charge in [-0.15, -0.1) is 5.92 Å². The van der Waals surface area contributed by atoms with E-state index in [0.29, 0.717) is 27.7 Å². The number of pyridine rings is 1. The van der Waals surface area contributed by atoms with Gasteiger partial charge in [0.05, 0.1) is 18.0 Å². The molecule has 2 aromatic heterocycles. The van der Waals surface area contributed by atoms with Crippen molar-refractivity contribution in [2.45, 2.75) is 19.2 Å². The van der Waals surface area contributed by atoms with Crippen molar-refractivity contribution < 1.29 is 17.9 Å². The van der Waals surface area contributed by atoms with Gasteiger partial charge in [-0.3, -0.25) is 9.69 Å². The van der Waals surface area contributed by atoms with E-state index in [4.69, 9.17) is 4.74 Å². The highest BCUT2D eigenvalue weighted by molar-refractivity contribution is 7.89. The van der Waals surface area contributed by atoms with Gasteiger partial charge in [0.2, 0.25) is 0 Å². The fourth-order valence-electron chi connectivity index (χ4n) is 3.86. The molecule has 0 fully saturated rings. The second-order valence-corrected chi connectivity index (χ2v) is 9.65. The fraction of sp³-hybridized carbons (Fsp3) is 0.273. The lowest BCUT2D eigenvalue weighted by atomic mass is 9.99. The molecule has 1 amide bonds. The van der Waals surface area contributed by atoms with Gasteiger partial charge in [0, 0.05) is 42.2 Å². The Morgan fingerprint density at radius 1 is 1.29 bits per heavy atom. The number of nitrogens with one attached hydrogen (secondary N) is 1. The van der Waals surface area contributed by atoms with Gasteiger partial charge in [-0.05, 0) is 30.2 Å². The number of amides is 1. The molecule has 160 valence electrons. The van der Waals surface area contributed by atoms with Crippen LogP contribution in [0.1, 0.15) is 18.1 Å². The second kappa shape index (κ2) is 7.63. The molecule has 0 aliphatic carbocycles. The summed E-state index contributed by atoms with van der Waals surface area (Å²) >= 11 is 0. The minimum absolute atomic E-state index is 0.0392. The summed E-state index contributed by atoms with van der Waals surface area (Å²) in [7, 11) is -1.60. The number of hydrogen-bond acceptors (Lipinski definition) is 5. The highest BCUT2D eigenvalue weighted by atomic mass is 32.2. The van der Waals surface area contributed by atoms with Gasteiger partial charge >= 0.3 is 6.09 Å². The first-order chi connectivity index (χ1) is 14.7. The predicted molar refractivity (Wildman–Crippen MR) is 119 cm³/mol. The average Bonchev–Trinajstić information content (AvgIpc) is 3.06. The Morgan fingerprint density at radius 2 is 2.06 bits per heavy atom. The zero-order valence-corrected chi connectivity index (χ0v) is 18.2. The number of carbonyl (C=O) groups is 1. The van der Waals surface area contributed by atoms with E-state index in [2.05, 4.69) is 16.8 Å². The quantitative estimate of drug-likeness (QED) is 0.632. The maximum absolute atomic E-state index is 12.9. The second-order valence-electron chi connectivity index (χ2n) is 7.51. The van der Waals surface area contributed by atoms with E-state index in [1.54, 1.807) is 44.6 Å². The van der Waals surface area contributed by atoms with Gasteiger partial charge in [0.1, 0.15) is 5.52 Å². The number of nitrogens with zero attached hydrogens (tertiary/aromatic N) is 2. The van der Waals surface area contributed by atoms with Crippen LogP contribution in [-0.2, 0) is 33.9 Å². The molecule has 4 rings (SSSR count). The van der Waals surface area contributed by atoms with E-state index in [1.165, 1.54) is 15.7 Å². The van der Waals surface area contributed by atoms with Gasteiger partial charge in [0.25, 0.3) is 5.56 Å². The molecule has 0 saturated heterocycles. The molecule has 0 unspecified atom stereocenters. The number of aromatic amines is 1. The van der Waals surface area contributed by atoms with E-state index < -0.39 is 15.9 Å². The Hall–Kier alpha value is -3.51. The maximum Gasteiger partial charge on any atom is 0.415 e. The van der Waals surface area contributed by atoms with Crippen molar-refractivity contribution in [2.24, 2.45) is 7.05 Å². The highest BCUT2D eigenvalue weighted by Crippen LogP contribution is 2.41. The van der Waals surface area contributed by atoms with Crippen LogP contribution in [-0.4, -0.2) is 36.9 Å². The molecule has 3 heterocycles. The summed E-state index contributed by atoms with van der Waals surface area (Å²) in [5.41, 5.74) is 3.56. The molecule has 0 bridgehead atoms. The Kier molecular flexibility index (Phi) is 5.11. The lowest BCUT2D eigenvalue weighted by Crippen LogP contribution is -2.31. The number of ether oxygens (including phenoxy) is 1. The van der Waals surface area contributed by atoms with Crippen molar-refractivity contribution in [3.8, 4) is 23.0 Å². The Bertz CT molecular complexity index is 1440. The maximum atomic E-state index is 12.9. The standard InChI is InChI=1S/C22H21N3O5S/c1-4-5-8-30-22(27)25-11-15-10-23-20-19(15)17(12-24(2)21(20)26)16-9-14(6-7-18(16)25)13-31(3,28)29/h6-7,9-10,12,23H,8,11,13H2,1-3H3. The van der Waals surface area contributed by atoms with Crippen LogP contribution in [0, 0.1) is 11.8 Å². The monoisotopic (exact) mass is 439 g/mol. The normalized spacial score (nSPS) is 12.7. The van der Waals surface area contributed by atoms with E-state index in [0.717, 1.165) is 11.1 Å². The van der Waals surface area contributed by atoms with Gasteiger partial charge < -0.3 is 14.3 Å². The molecule has 1 N–H and O–H groups in total. The summed E-state index contributed by atoms with van der Waals surface area (Å²) in [4.78, 5) is 30.0. The first kappa shape index (κ1) is 20.8. The third-order valence-electron chi connectivity index (χ3n) is 5.15. The Labute approximate surface area is 179 Å². The summed E-state index contributed by atoms with van der Waals surface area (Å²) < 4.78 is 30.5. The van der Waals surface area contributed by atoms with Crippen LogP contribution in [0.5, 0.6) is 0 Å². The van der Waals surface area contributed by atoms with Crippen molar-refractivity contribution in [3.05, 3.63) is 52.1 Å². The van der Waals surface area contributed by atoms with Crippen molar-refractivity contribution in [2.75, 3.05) is 17.8 Å². The number of aryl methyl sites for hydroxylation is 1. The third kappa shape index (κ3) is 3.82. The number of benzene rings is 1. The largest absolute Gasteiger partial charge is 0.436 e. The first-order valence-corrected chi connectivity index (χ1v) is 11.6. The van der Waals surface area contributed by atoms with Crippen molar-refractivity contribution in [1.29, 1.82) is 0 Å². The molecule has 8 nitrogen and oxygen atoms in total. The van der Waals surface area contributed by atoms with Crippen LogP contribution in [0.25, 0.3) is 22.0 Å². The van der Waals surface area contributed by atoms with Crippen LogP contribution in [0.3, 0.4) is 0 Å². The number of sulfone groups is 1. The zero-order valence-electron chi connectivity index (χ0n) is 17.4. The van der Waals surface area contributed by atoms with Crippen LogP contribution in [0.15, 0.2) is 35.4 Å². The number of anilines is 1. The number of hydrogen-bond donors (Lipinski definition) is 1. The number of carbonyl (C=O) groups excluding carboxylic acids is 1. The van der Waals surface area contributed by atoms with Crippen LogP contribution < -0.4 is 10.5 Å². The molecule has 31 heavy (non-hydrogen) atoms. The van der Waals surface area contributed by atoms with Crippen molar-refractivity contribution in [3.63, 3.8) is 0 Å². The topological polar surface area (TPSA) is 101 Å². The summed E-state index contributed by atoms with van der Waals surface area (Å²) in [6.45, 7) is 1.81. The number of fused-ring (bicyclic) bond motifs is 2. The van der Waals surface area contributed by atoms with E-state index in [-0.39, 0.29) is 24.5 Å². The molecule has 1 aliphatic heterocycles. The SMILES string of the molecule is CC#CCOC(=O)N1Cc2c[nH]c3c(=O)n(C)cc(c23)-c2cc(CS(C)(=O)=O)ccc21. The number of rotatable bonds is 3. The van der Waals surface area contributed by atoms with E-state index >= 15 is 0 Å². The number of H-pyrrole nitrogens is 1. The average molecular weight is 439 g/mol. The molecular formula is C22H21N3O5S. The molecule has 0 atom stereocenters. The predicted octanol–water partition coefficient (Wildman–Crippen LogP) is 2.56. The summed E-state index contributed by atoms with van der Waals surface area (Å²) in [5, 5.41) is 0.713. The zero-order chi connectivity index (χ0) is 22.3. The smallest absolute Gasteiger partial charge is 0.415 e. The molecule has 0 spiro atoms. The Morgan fingerprint density at radius 3 is 2.77 bits per heavy atom. The Balaban J connectivity index is 1.96.